The molecule has 4 N–H and O–H groups in total. The second-order valence-electron chi connectivity index (χ2n) is 3.69. The second-order valence-corrected chi connectivity index (χ2v) is 3.69. The van der Waals surface area contributed by atoms with Gasteiger partial charge in [0.2, 0.25) is 0 Å². The molecule has 0 saturated carbocycles. The van der Waals surface area contributed by atoms with Crippen molar-refractivity contribution in [3.05, 3.63) is 66.2 Å². The van der Waals surface area contributed by atoms with Crippen LogP contribution in [0.2, 0.25) is 0 Å². The van der Waals surface area contributed by atoms with Crippen LogP contribution in [0.25, 0.3) is 5.57 Å². The fourth-order valence-corrected chi connectivity index (χ4v) is 1.65. The Balaban J connectivity index is 2.44. The maximum absolute atomic E-state index is 5.90. The first-order valence-electron chi connectivity index (χ1n) is 5.08. The number of anilines is 2. The molecule has 2 aromatic rings. The zero-order chi connectivity index (χ0) is 11.5. The fraction of sp³-hybridized carbons (Fsp3) is 0. The van der Waals surface area contributed by atoms with Gasteiger partial charge in [-0.15, -0.1) is 0 Å². The summed E-state index contributed by atoms with van der Waals surface area (Å²) in [6.45, 7) is 4.06. The van der Waals surface area contributed by atoms with Gasteiger partial charge in [0.15, 0.2) is 0 Å². The number of rotatable bonds is 2. The van der Waals surface area contributed by atoms with Gasteiger partial charge in [-0.25, -0.2) is 0 Å². The smallest absolute Gasteiger partial charge is 0.0393 e. The monoisotopic (exact) mass is 210 g/mol. The van der Waals surface area contributed by atoms with Crippen molar-refractivity contribution in [1.29, 1.82) is 0 Å². The average molecular weight is 210 g/mol. The summed E-state index contributed by atoms with van der Waals surface area (Å²) in [4.78, 5) is 0. The van der Waals surface area contributed by atoms with Crippen molar-refractivity contribution in [3.8, 4) is 0 Å². The van der Waals surface area contributed by atoms with Crippen LogP contribution in [0.4, 0.5) is 11.4 Å². The third-order valence-corrected chi connectivity index (χ3v) is 2.52. The average Bonchev–Trinajstić information content (AvgIpc) is 2.29. The number of benzene rings is 2. The lowest BCUT2D eigenvalue weighted by Gasteiger charge is -2.09. The van der Waals surface area contributed by atoms with Crippen molar-refractivity contribution in [2.45, 2.75) is 0 Å². The highest BCUT2D eigenvalue weighted by Crippen LogP contribution is 2.26. The highest BCUT2D eigenvalue weighted by molar-refractivity contribution is 5.84. The van der Waals surface area contributed by atoms with Crippen LogP contribution < -0.4 is 11.5 Å². The molecule has 0 spiro atoms. The van der Waals surface area contributed by atoms with E-state index in [1.165, 1.54) is 0 Å². The summed E-state index contributed by atoms with van der Waals surface area (Å²) in [6.07, 6.45) is 0. The third-order valence-electron chi connectivity index (χ3n) is 2.52. The molecule has 0 unspecified atom stereocenters. The van der Waals surface area contributed by atoms with Gasteiger partial charge in [-0.1, -0.05) is 36.9 Å². The zero-order valence-corrected chi connectivity index (χ0v) is 8.98. The van der Waals surface area contributed by atoms with E-state index in [1.807, 2.05) is 48.5 Å². The Morgan fingerprint density at radius 2 is 1.69 bits per heavy atom. The Kier molecular flexibility index (Phi) is 2.64. The van der Waals surface area contributed by atoms with Gasteiger partial charge in [0, 0.05) is 16.9 Å². The van der Waals surface area contributed by atoms with E-state index >= 15 is 0 Å². The van der Waals surface area contributed by atoms with Crippen LogP contribution in [0.3, 0.4) is 0 Å². The molecule has 0 fully saturated rings. The highest BCUT2D eigenvalue weighted by Gasteiger charge is 2.05. The summed E-state index contributed by atoms with van der Waals surface area (Å²) in [7, 11) is 0. The van der Waals surface area contributed by atoms with Gasteiger partial charge in [-0.3, -0.25) is 0 Å². The number of hydrogen-bond acceptors (Lipinski definition) is 2. The lowest BCUT2D eigenvalue weighted by atomic mass is 9.98. The van der Waals surface area contributed by atoms with E-state index in [9.17, 15) is 0 Å². The lowest BCUT2D eigenvalue weighted by Crippen LogP contribution is -1.94. The van der Waals surface area contributed by atoms with Crippen molar-refractivity contribution >= 4 is 16.9 Å². The largest absolute Gasteiger partial charge is 0.399 e. The molecule has 16 heavy (non-hydrogen) atoms. The van der Waals surface area contributed by atoms with Gasteiger partial charge in [0.05, 0.1) is 0 Å². The van der Waals surface area contributed by atoms with Crippen molar-refractivity contribution in [3.63, 3.8) is 0 Å². The van der Waals surface area contributed by atoms with Crippen molar-refractivity contribution < 1.29 is 0 Å². The summed E-state index contributed by atoms with van der Waals surface area (Å²) < 4.78 is 0. The lowest BCUT2D eigenvalue weighted by molar-refractivity contribution is 1.55. The minimum absolute atomic E-state index is 0.730. The molecule has 0 aliphatic rings. The molecule has 0 radical (unpaired) electrons. The first-order chi connectivity index (χ1) is 7.68. The van der Waals surface area contributed by atoms with Gasteiger partial charge in [0.25, 0.3) is 0 Å². The van der Waals surface area contributed by atoms with Crippen LogP contribution in [-0.4, -0.2) is 0 Å². The Bertz CT molecular complexity index is 530. The van der Waals surface area contributed by atoms with Crippen LogP contribution in [0.5, 0.6) is 0 Å². The Labute approximate surface area is 95.2 Å². The van der Waals surface area contributed by atoms with E-state index in [2.05, 4.69) is 6.58 Å². The van der Waals surface area contributed by atoms with Crippen molar-refractivity contribution in [1.82, 2.24) is 0 Å². The van der Waals surface area contributed by atoms with Gasteiger partial charge >= 0.3 is 0 Å². The molecule has 0 atom stereocenters. The van der Waals surface area contributed by atoms with E-state index in [1.54, 1.807) is 0 Å². The number of nitrogen functional groups attached to an aromatic ring is 2. The van der Waals surface area contributed by atoms with Crippen LogP contribution in [-0.2, 0) is 0 Å². The summed E-state index contributed by atoms with van der Waals surface area (Å²) in [5.41, 5.74) is 16.0. The molecule has 2 rings (SSSR count). The van der Waals surface area contributed by atoms with Crippen LogP contribution in [0.15, 0.2) is 55.1 Å². The summed E-state index contributed by atoms with van der Waals surface area (Å²) in [6, 6.07) is 15.3. The van der Waals surface area contributed by atoms with Crippen LogP contribution in [0, 0.1) is 0 Å². The molecule has 0 aliphatic carbocycles. The minimum atomic E-state index is 0.730. The molecule has 2 aromatic carbocycles. The summed E-state index contributed by atoms with van der Waals surface area (Å²) >= 11 is 0. The van der Waals surface area contributed by atoms with E-state index in [-0.39, 0.29) is 0 Å². The number of para-hydroxylation sites is 1. The maximum Gasteiger partial charge on any atom is 0.0393 e. The first-order valence-corrected chi connectivity index (χ1v) is 5.08. The Hall–Kier alpha value is -2.22. The third kappa shape index (κ3) is 1.91. The molecule has 2 heteroatoms. The topological polar surface area (TPSA) is 52.0 Å². The second kappa shape index (κ2) is 4.11. The fourth-order valence-electron chi connectivity index (χ4n) is 1.65. The quantitative estimate of drug-likeness (QED) is 0.749. The molecule has 0 bridgehead atoms. The Morgan fingerprint density at radius 3 is 2.38 bits per heavy atom. The molecule has 2 nitrogen and oxygen atoms in total. The molecular weight excluding hydrogens is 196 g/mol. The van der Waals surface area contributed by atoms with E-state index in [0.717, 1.165) is 28.1 Å². The Morgan fingerprint density at radius 1 is 0.938 bits per heavy atom. The van der Waals surface area contributed by atoms with E-state index in [4.69, 9.17) is 11.5 Å². The molecule has 0 amide bonds. The van der Waals surface area contributed by atoms with E-state index in [0.29, 0.717) is 0 Å². The van der Waals surface area contributed by atoms with Gasteiger partial charge < -0.3 is 11.5 Å². The molecular formula is C14H14N2. The van der Waals surface area contributed by atoms with Crippen molar-refractivity contribution in [2.24, 2.45) is 0 Å². The van der Waals surface area contributed by atoms with Crippen molar-refractivity contribution in [2.75, 3.05) is 11.5 Å². The number of hydrogen-bond donors (Lipinski definition) is 2. The molecule has 0 heterocycles. The highest BCUT2D eigenvalue weighted by atomic mass is 14.6. The predicted octanol–water partition coefficient (Wildman–Crippen LogP) is 2.91. The van der Waals surface area contributed by atoms with Crippen LogP contribution >= 0.6 is 0 Å². The maximum atomic E-state index is 5.90. The molecule has 0 aliphatic heterocycles. The van der Waals surface area contributed by atoms with Gasteiger partial charge in [-0.05, 0) is 29.3 Å². The number of nitrogens with two attached hydrogens (primary N) is 2. The van der Waals surface area contributed by atoms with Gasteiger partial charge in [-0.2, -0.15) is 0 Å². The standard InChI is InChI=1S/C14H14N2/c1-10(11-5-4-6-12(15)9-11)13-7-2-3-8-14(13)16/h2-9H,1,15-16H2. The summed E-state index contributed by atoms with van der Waals surface area (Å²) in [5.74, 6) is 0. The minimum Gasteiger partial charge on any atom is -0.399 e. The molecule has 0 saturated heterocycles. The summed E-state index contributed by atoms with van der Waals surface area (Å²) in [5, 5.41) is 0. The normalized spacial score (nSPS) is 10.0. The van der Waals surface area contributed by atoms with Gasteiger partial charge in [0.1, 0.15) is 0 Å². The van der Waals surface area contributed by atoms with Crippen LogP contribution in [0.1, 0.15) is 11.1 Å². The first kappa shape index (κ1) is 10.3. The van der Waals surface area contributed by atoms with E-state index < -0.39 is 0 Å². The SMILES string of the molecule is C=C(c1cccc(N)c1)c1ccccc1N. The predicted molar refractivity (Wildman–Crippen MR) is 69.8 cm³/mol. The zero-order valence-electron chi connectivity index (χ0n) is 8.98. The molecule has 80 valence electrons. The molecule has 0 aromatic heterocycles.